The molecule has 0 aromatic carbocycles. The summed E-state index contributed by atoms with van der Waals surface area (Å²) in [7, 11) is 0. The second-order valence-corrected chi connectivity index (χ2v) is 5.91. The Morgan fingerprint density at radius 2 is 2.07 bits per heavy atom. The molecule has 0 fully saturated rings. The van der Waals surface area contributed by atoms with Gasteiger partial charge in [0.15, 0.2) is 0 Å². The van der Waals surface area contributed by atoms with Crippen LogP contribution in [0.1, 0.15) is 34.1 Å². The van der Waals surface area contributed by atoms with Gasteiger partial charge in [0, 0.05) is 9.90 Å². The van der Waals surface area contributed by atoms with E-state index in [2.05, 4.69) is 43.3 Å². The number of rotatable bonds is 5. The number of hydrogen-bond donors (Lipinski definition) is 0. The van der Waals surface area contributed by atoms with Crippen molar-refractivity contribution >= 4 is 21.9 Å². The molecule has 0 aromatic rings. The maximum Gasteiger partial charge on any atom is 0.333 e. The molecular weight excluding hydrogens is 244 g/mol. The first-order chi connectivity index (χ1) is 6.27. The van der Waals surface area contributed by atoms with E-state index in [1.807, 2.05) is 0 Å². The summed E-state index contributed by atoms with van der Waals surface area (Å²) in [5.74, 6) is 0.197. The molecule has 0 aliphatic rings. The fourth-order valence-corrected chi connectivity index (χ4v) is 0.917. The molecule has 0 aliphatic carbocycles. The van der Waals surface area contributed by atoms with Crippen molar-refractivity contribution < 1.29 is 9.53 Å². The molecule has 3 heteroatoms. The first-order valence-corrected chi connectivity index (χ1v) is 5.58. The zero-order valence-electron chi connectivity index (χ0n) is 9.39. The van der Waals surface area contributed by atoms with Gasteiger partial charge in [-0.25, -0.2) is 4.79 Å². The van der Waals surface area contributed by atoms with E-state index in [-0.39, 0.29) is 10.3 Å². The molecule has 0 heterocycles. The third-order valence-corrected chi connectivity index (χ3v) is 3.69. The highest BCUT2D eigenvalue weighted by atomic mass is 79.9. The number of carbonyl (C=O) groups is 1. The number of hydrogen-bond acceptors (Lipinski definition) is 2. The van der Waals surface area contributed by atoms with Crippen molar-refractivity contribution in [3.63, 3.8) is 0 Å². The zero-order chi connectivity index (χ0) is 11.4. The van der Waals surface area contributed by atoms with Crippen molar-refractivity contribution in [2.45, 2.75) is 38.4 Å². The number of alkyl halides is 1. The van der Waals surface area contributed by atoms with Crippen LogP contribution < -0.4 is 0 Å². The summed E-state index contributed by atoms with van der Waals surface area (Å²) < 4.78 is 5.05. The second-order valence-electron chi connectivity index (χ2n) is 4.10. The summed E-state index contributed by atoms with van der Waals surface area (Å²) in [6.07, 6.45) is 0.809. The summed E-state index contributed by atoms with van der Waals surface area (Å²) in [4.78, 5) is 11.1. The Bertz CT molecular complexity index is 219. The van der Waals surface area contributed by atoms with E-state index in [1.165, 1.54) is 0 Å². The molecule has 0 rings (SSSR count). The minimum absolute atomic E-state index is 0.0301. The quantitative estimate of drug-likeness (QED) is 0.432. The fourth-order valence-electron chi connectivity index (χ4n) is 0.755. The summed E-state index contributed by atoms with van der Waals surface area (Å²) in [5, 5.41) is 0. The zero-order valence-corrected chi connectivity index (χ0v) is 11.0. The van der Waals surface area contributed by atoms with Crippen molar-refractivity contribution in [2.75, 3.05) is 6.61 Å². The highest BCUT2D eigenvalue weighted by Crippen LogP contribution is 2.30. The van der Waals surface area contributed by atoms with Gasteiger partial charge in [-0.3, -0.25) is 0 Å². The predicted octanol–water partition coefficient (Wildman–Crippen LogP) is 3.31. The monoisotopic (exact) mass is 262 g/mol. The van der Waals surface area contributed by atoms with Gasteiger partial charge in [-0.15, -0.1) is 0 Å². The maximum atomic E-state index is 11.1. The standard InChI is InChI=1S/C11H19BrO2/c1-8(2)10(13)14-7-6-11(5,12)9(3)4/h9H,1,6-7H2,2-5H3. The van der Waals surface area contributed by atoms with Crippen molar-refractivity contribution in [2.24, 2.45) is 5.92 Å². The molecule has 0 saturated heterocycles. The lowest BCUT2D eigenvalue weighted by molar-refractivity contribution is -0.139. The van der Waals surface area contributed by atoms with Gasteiger partial charge in [0.2, 0.25) is 0 Å². The van der Waals surface area contributed by atoms with Crippen LogP contribution in [0.15, 0.2) is 12.2 Å². The highest BCUT2D eigenvalue weighted by molar-refractivity contribution is 9.10. The summed E-state index contributed by atoms with van der Waals surface area (Å²) in [6.45, 7) is 12.0. The Hall–Kier alpha value is -0.310. The lowest BCUT2D eigenvalue weighted by atomic mass is 9.95. The maximum absolute atomic E-state index is 11.1. The van der Waals surface area contributed by atoms with Gasteiger partial charge >= 0.3 is 5.97 Å². The summed E-state index contributed by atoms with van der Waals surface area (Å²) in [5.41, 5.74) is 0.450. The smallest absolute Gasteiger partial charge is 0.333 e. The summed E-state index contributed by atoms with van der Waals surface area (Å²) >= 11 is 3.62. The molecule has 0 radical (unpaired) electrons. The number of halogens is 1. The largest absolute Gasteiger partial charge is 0.462 e. The van der Waals surface area contributed by atoms with Gasteiger partial charge in [0.1, 0.15) is 0 Å². The lowest BCUT2D eigenvalue weighted by Crippen LogP contribution is -2.26. The van der Waals surface area contributed by atoms with Gasteiger partial charge in [0.25, 0.3) is 0 Å². The Kier molecular flexibility index (Phi) is 5.42. The molecule has 0 N–H and O–H groups in total. The molecule has 0 spiro atoms. The van der Waals surface area contributed by atoms with Crippen LogP contribution in [0.4, 0.5) is 0 Å². The SMILES string of the molecule is C=C(C)C(=O)OCCC(C)(Br)C(C)C. The molecule has 0 aromatic heterocycles. The molecule has 1 atom stereocenters. The highest BCUT2D eigenvalue weighted by Gasteiger charge is 2.24. The number of ether oxygens (including phenoxy) is 1. The molecule has 2 nitrogen and oxygen atoms in total. The van der Waals surface area contributed by atoms with Gasteiger partial charge in [-0.1, -0.05) is 36.4 Å². The van der Waals surface area contributed by atoms with Crippen molar-refractivity contribution in [1.29, 1.82) is 0 Å². The van der Waals surface area contributed by atoms with Crippen LogP contribution in [0.2, 0.25) is 0 Å². The van der Waals surface area contributed by atoms with E-state index in [0.29, 0.717) is 18.1 Å². The van der Waals surface area contributed by atoms with Crippen molar-refractivity contribution in [1.82, 2.24) is 0 Å². The lowest BCUT2D eigenvalue weighted by Gasteiger charge is -2.26. The van der Waals surface area contributed by atoms with Crippen LogP contribution in [0.25, 0.3) is 0 Å². The third-order valence-electron chi connectivity index (χ3n) is 2.38. The molecule has 82 valence electrons. The normalized spacial score (nSPS) is 15.0. The summed E-state index contributed by atoms with van der Waals surface area (Å²) in [6, 6.07) is 0. The van der Waals surface area contributed by atoms with Gasteiger partial charge in [-0.05, 0) is 26.2 Å². The molecule has 14 heavy (non-hydrogen) atoms. The van der Waals surface area contributed by atoms with E-state index in [1.54, 1.807) is 6.92 Å². The second kappa shape index (κ2) is 5.54. The molecule has 0 aliphatic heterocycles. The Balaban J connectivity index is 3.85. The average Bonchev–Trinajstić information content (AvgIpc) is 2.03. The van der Waals surface area contributed by atoms with Crippen molar-refractivity contribution in [3.05, 3.63) is 12.2 Å². The molecule has 0 saturated carbocycles. The van der Waals surface area contributed by atoms with E-state index >= 15 is 0 Å². The van der Waals surface area contributed by atoms with E-state index in [4.69, 9.17) is 4.74 Å². The molecule has 1 unspecified atom stereocenters. The van der Waals surface area contributed by atoms with Crippen LogP contribution >= 0.6 is 15.9 Å². The minimum atomic E-state index is -0.308. The van der Waals surface area contributed by atoms with Crippen LogP contribution in [-0.4, -0.2) is 16.9 Å². The van der Waals surface area contributed by atoms with E-state index in [0.717, 1.165) is 6.42 Å². The van der Waals surface area contributed by atoms with Crippen LogP contribution in [-0.2, 0) is 9.53 Å². The Morgan fingerprint density at radius 3 is 2.43 bits per heavy atom. The van der Waals surface area contributed by atoms with Gasteiger partial charge in [0.05, 0.1) is 6.61 Å². The van der Waals surface area contributed by atoms with Gasteiger partial charge < -0.3 is 4.74 Å². The third kappa shape index (κ3) is 4.80. The number of carbonyl (C=O) groups excluding carboxylic acids is 1. The molecular formula is C11H19BrO2. The van der Waals surface area contributed by atoms with E-state index < -0.39 is 0 Å². The van der Waals surface area contributed by atoms with E-state index in [9.17, 15) is 4.79 Å². The fraction of sp³-hybridized carbons (Fsp3) is 0.727. The first-order valence-electron chi connectivity index (χ1n) is 4.79. The predicted molar refractivity (Wildman–Crippen MR) is 62.6 cm³/mol. The topological polar surface area (TPSA) is 26.3 Å². The van der Waals surface area contributed by atoms with Crippen LogP contribution in [0.5, 0.6) is 0 Å². The molecule has 0 bridgehead atoms. The minimum Gasteiger partial charge on any atom is -0.462 e. The Morgan fingerprint density at radius 1 is 1.57 bits per heavy atom. The van der Waals surface area contributed by atoms with Crippen molar-refractivity contribution in [3.8, 4) is 0 Å². The first kappa shape index (κ1) is 13.7. The Labute approximate surface area is 94.8 Å². The van der Waals surface area contributed by atoms with Crippen LogP contribution in [0, 0.1) is 5.92 Å². The van der Waals surface area contributed by atoms with Crippen LogP contribution in [0.3, 0.4) is 0 Å². The molecule has 0 amide bonds. The number of esters is 1. The average molecular weight is 263 g/mol. The van der Waals surface area contributed by atoms with Gasteiger partial charge in [-0.2, -0.15) is 0 Å².